The number of ether oxygens (including phenoxy) is 1. The molecule has 0 aliphatic rings. The van der Waals surface area contributed by atoms with Gasteiger partial charge in [-0.05, 0) is 48.0 Å². The molecule has 3 aromatic carbocycles. The summed E-state index contributed by atoms with van der Waals surface area (Å²) >= 11 is 1.74. The Kier molecular flexibility index (Phi) is 5.75. The third kappa shape index (κ3) is 4.88. The molecule has 4 heteroatoms. The number of methoxy groups -OCH3 is 1. The monoisotopic (exact) mass is 349 g/mol. The highest BCUT2D eigenvalue weighted by Crippen LogP contribution is 2.26. The van der Waals surface area contributed by atoms with Gasteiger partial charge in [0.2, 0.25) is 0 Å². The molecular weight excluding hydrogens is 330 g/mol. The summed E-state index contributed by atoms with van der Waals surface area (Å²) in [5, 5.41) is 2.89. The molecule has 0 saturated heterocycles. The maximum Gasteiger partial charge on any atom is 0.255 e. The zero-order chi connectivity index (χ0) is 17.5. The number of anilines is 1. The predicted molar refractivity (Wildman–Crippen MR) is 103 cm³/mol. The number of para-hydroxylation sites is 1. The molecular formula is C21H19NO2S. The van der Waals surface area contributed by atoms with E-state index in [0.717, 1.165) is 22.1 Å². The lowest BCUT2D eigenvalue weighted by Crippen LogP contribution is -2.11. The van der Waals surface area contributed by atoms with Gasteiger partial charge in [0.15, 0.2) is 0 Å². The van der Waals surface area contributed by atoms with Crippen LogP contribution in [0.25, 0.3) is 0 Å². The van der Waals surface area contributed by atoms with Gasteiger partial charge in [-0.3, -0.25) is 4.79 Å². The highest BCUT2D eigenvalue weighted by molar-refractivity contribution is 7.98. The molecule has 0 aliphatic carbocycles. The van der Waals surface area contributed by atoms with Crippen LogP contribution in [-0.2, 0) is 5.75 Å². The van der Waals surface area contributed by atoms with Gasteiger partial charge in [0, 0.05) is 21.9 Å². The van der Waals surface area contributed by atoms with Crippen LogP contribution < -0.4 is 10.1 Å². The van der Waals surface area contributed by atoms with Crippen molar-refractivity contribution in [2.45, 2.75) is 10.6 Å². The van der Waals surface area contributed by atoms with E-state index >= 15 is 0 Å². The number of carbonyl (C=O) groups excluding carboxylic acids is 1. The Morgan fingerprint density at radius 3 is 2.44 bits per heavy atom. The van der Waals surface area contributed by atoms with Crippen molar-refractivity contribution in [3.05, 3.63) is 90.0 Å². The molecule has 1 N–H and O–H groups in total. The minimum atomic E-state index is -0.0989. The molecule has 3 aromatic rings. The van der Waals surface area contributed by atoms with E-state index < -0.39 is 0 Å². The van der Waals surface area contributed by atoms with Gasteiger partial charge in [0.25, 0.3) is 5.91 Å². The van der Waals surface area contributed by atoms with Crippen LogP contribution in [0, 0.1) is 0 Å². The second-order valence-corrected chi connectivity index (χ2v) is 6.53. The van der Waals surface area contributed by atoms with Gasteiger partial charge >= 0.3 is 0 Å². The second-order valence-electron chi connectivity index (χ2n) is 5.48. The number of hydrogen-bond donors (Lipinski definition) is 1. The van der Waals surface area contributed by atoms with E-state index in [1.165, 1.54) is 5.56 Å². The van der Waals surface area contributed by atoms with E-state index in [2.05, 4.69) is 11.4 Å². The number of rotatable bonds is 6. The van der Waals surface area contributed by atoms with Crippen LogP contribution >= 0.6 is 11.8 Å². The van der Waals surface area contributed by atoms with Gasteiger partial charge in [-0.1, -0.05) is 36.4 Å². The summed E-state index contributed by atoms with van der Waals surface area (Å²) in [7, 11) is 1.67. The molecule has 0 radical (unpaired) electrons. The van der Waals surface area contributed by atoms with E-state index in [0.29, 0.717) is 5.56 Å². The lowest BCUT2D eigenvalue weighted by Gasteiger charge is -2.07. The topological polar surface area (TPSA) is 38.3 Å². The second kappa shape index (κ2) is 8.40. The van der Waals surface area contributed by atoms with Gasteiger partial charge in [-0.15, -0.1) is 11.8 Å². The zero-order valence-corrected chi connectivity index (χ0v) is 14.8. The molecule has 0 aromatic heterocycles. The Balaban J connectivity index is 1.59. The van der Waals surface area contributed by atoms with E-state index in [-0.39, 0.29) is 5.91 Å². The van der Waals surface area contributed by atoms with Gasteiger partial charge < -0.3 is 10.1 Å². The molecule has 3 nitrogen and oxygen atoms in total. The van der Waals surface area contributed by atoms with E-state index in [1.807, 2.05) is 72.8 Å². The number of hydrogen-bond acceptors (Lipinski definition) is 3. The largest absolute Gasteiger partial charge is 0.497 e. The van der Waals surface area contributed by atoms with E-state index in [4.69, 9.17) is 4.74 Å². The first-order valence-electron chi connectivity index (χ1n) is 7.97. The highest BCUT2D eigenvalue weighted by Gasteiger charge is 2.06. The minimum Gasteiger partial charge on any atom is -0.497 e. The Bertz CT molecular complexity index is 832. The molecule has 0 spiro atoms. The molecule has 0 aliphatic heterocycles. The first-order valence-corrected chi connectivity index (χ1v) is 8.95. The summed E-state index contributed by atoms with van der Waals surface area (Å²) in [6, 6.07) is 25.2. The summed E-state index contributed by atoms with van der Waals surface area (Å²) in [6.07, 6.45) is 0. The predicted octanol–water partition coefficient (Wildman–Crippen LogP) is 5.24. The molecule has 0 heterocycles. The van der Waals surface area contributed by atoms with Crippen LogP contribution in [0.5, 0.6) is 5.75 Å². The lowest BCUT2D eigenvalue weighted by molar-refractivity contribution is 0.102. The molecule has 0 bridgehead atoms. The fourth-order valence-electron chi connectivity index (χ4n) is 2.33. The molecule has 25 heavy (non-hydrogen) atoms. The molecule has 126 valence electrons. The van der Waals surface area contributed by atoms with Crippen LogP contribution in [0.3, 0.4) is 0 Å². The number of thioether (sulfide) groups is 1. The smallest absolute Gasteiger partial charge is 0.255 e. The molecule has 0 saturated carbocycles. The Morgan fingerprint density at radius 1 is 0.960 bits per heavy atom. The third-order valence-electron chi connectivity index (χ3n) is 3.69. The summed E-state index contributed by atoms with van der Waals surface area (Å²) in [4.78, 5) is 13.4. The number of carbonyl (C=O) groups is 1. The van der Waals surface area contributed by atoms with E-state index in [9.17, 15) is 4.79 Å². The maximum atomic E-state index is 12.2. The first kappa shape index (κ1) is 17.1. The van der Waals surface area contributed by atoms with Crippen LogP contribution in [-0.4, -0.2) is 13.0 Å². The van der Waals surface area contributed by atoms with Crippen LogP contribution in [0.4, 0.5) is 5.69 Å². The van der Waals surface area contributed by atoms with Crippen molar-refractivity contribution in [1.82, 2.24) is 0 Å². The van der Waals surface area contributed by atoms with Crippen molar-refractivity contribution in [1.29, 1.82) is 0 Å². The zero-order valence-electron chi connectivity index (χ0n) is 13.9. The van der Waals surface area contributed by atoms with Crippen molar-refractivity contribution in [2.24, 2.45) is 0 Å². The fourth-order valence-corrected chi connectivity index (χ4v) is 3.23. The Morgan fingerprint density at radius 2 is 1.72 bits per heavy atom. The molecule has 0 fully saturated rings. The summed E-state index contributed by atoms with van der Waals surface area (Å²) in [5.74, 6) is 1.60. The standard InChI is InChI=1S/C21H19NO2S/c1-24-19-8-5-9-20(14-19)25-15-16-10-12-17(13-11-16)21(23)22-18-6-3-2-4-7-18/h2-14H,15H2,1H3,(H,22,23). The van der Waals surface area contributed by atoms with Crippen LogP contribution in [0.1, 0.15) is 15.9 Å². The van der Waals surface area contributed by atoms with Crippen molar-refractivity contribution in [3.8, 4) is 5.75 Å². The highest BCUT2D eigenvalue weighted by atomic mass is 32.2. The maximum absolute atomic E-state index is 12.2. The average molecular weight is 349 g/mol. The Labute approximate surface area is 152 Å². The van der Waals surface area contributed by atoms with Crippen molar-refractivity contribution in [2.75, 3.05) is 12.4 Å². The van der Waals surface area contributed by atoms with E-state index in [1.54, 1.807) is 18.9 Å². The molecule has 1 amide bonds. The van der Waals surface area contributed by atoms with Gasteiger partial charge in [-0.2, -0.15) is 0 Å². The van der Waals surface area contributed by atoms with Gasteiger partial charge in [0.05, 0.1) is 7.11 Å². The number of benzene rings is 3. The van der Waals surface area contributed by atoms with Crippen LogP contribution in [0.15, 0.2) is 83.8 Å². The van der Waals surface area contributed by atoms with Gasteiger partial charge in [-0.25, -0.2) is 0 Å². The summed E-state index contributed by atoms with van der Waals surface area (Å²) in [6.45, 7) is 0. The van der Waals surface area contributed by atoms with Crippen molar-refractivity contribution < 1.29 is 9.53 Å². The number of amides is 1. The Hall–Kier alpha value is -2.72. The van der Waals surface area contributed by atoms with Crippen molar-refractivity contribution >= 4 is 23.4 Å². The molecule has 3 rings (SSSR count). The number of nitrogens with one attached hydrogen (secondary N) is 1. The first-order chi connectivity index (χ1) is 12.2. The average Bonchev–Trinajstić information content (AvgIpc) is 2.67. The minimum absolute atomic E-state index is 0.0989. The molecule has 0 unspecified atom stereocenters. The fraction of sp³-hybridized carbons (Fsp3) is 0.0952. The summed E-state index contributed by atoms with van der Waals surface area (Å²) < 4.78 is 5.24. The van der Waals surface area contributed by atoms with Gasteiger partial charge in [0.1, 0.15) is 5.75 Å². The normalized spacial score (nSPS) is 10.3. The van der Waals surface area contributed by atoms with Crippen LogP contribution in [0.2, 0.25) is 0 Å². The van der Waals surface area contributed by atoms with Crippen molar-refractivity contribution in [3.63, 3.8) is 0 Å². The molecule has 0 atom stereocenters. The quantitative estimate of drug-likeness (QED) is 0.619. The third-order valence-corrected chi connectivity index (χ3v) is 4.76. The SMILES string of the molecule is COc1cccc(SCc2ccc(C(=O)Nc3ccccc3)cc2)c1. The summed E-state index contributed by atoms with van der Waals surface area (Å²) in [5.41, 5.74) is 2.62. The lowest BCUT2D eigenvalue weighted by atomic mass is 10.1.